The Bertz CT molecular complexity index is 286. The van der Waals surface area contributed by atoms with E-state index in [1.807, 2.05) is 33.3 Å². The van der Waals surface area contributed by atoms with E-state index in [4.69, 9.17) is 0 Å². The monoisotopic (exact) mass is 436 g/mol. The first-order chi connectivity index (χ1) is 13.4. The van der Waals surface area contributed by atoms with E-state index >= 15 is 0 Å². The fourth-order valence-electron chi connectivity index (χ4n) is 2.92. The summed E-state index contributed by atoms with van der Waals surface area (Å²) in [6.07, 6.45) is 0. The van der Waals surface area contributed by atoms with Gasteiger partial charge in [0.05, 0.1) is 0 Å². The summed E-state index contributed by atoms with van der Waals surface area (Å²) in [5.74, 6) is 5.37. The third-order valence-corrected chi connectivity index (χ3v) is 7.42. The predicted molar refractivity (Wildman–Crippen MR) is 127 cm³/mol. The summed E-state index contributed by atoms with van der Waals surface area (Å²) in [6.45, 7) is 16.7. The summed E-state index contributed by atoms with van der Waals surface area (Å²) in [7, 11) is 4.10. The Morgan fingerprint density at radius 3 is 1.19 bits per heavy atom. The van der Waals surface area contributed by atoms with Gasteiger partial charge in [0.2, 0.25) is 0 Å². The highest BCUT2D eigenvalue weighted by Gasteiger charge is 2.10. The van der Waals surface area contributed by atoms with Gasteiger partial charge in [-0.1, -0.05) is 21.6 Å². The Hall–Kier alpha value is 0.810. The zero-order chi connectivity index (χ0) is 18.8. The van der Waals surface area contributed by atoms with Crippen LogP contribution in [0.5, 0.6) is 0 Å². The first-order valence-corrected chi connectivity index (χ1v) is 14.2. The van der Waals surface area contributed by atoms with Crippen molar-refractivity contribution in [3.63, 3.8) is 0 Å². The normalized spacial score (nSPS) is 23.6. The lowest BCUT2D eigenvalue weighted by atomic mass is 10.4. The third-order valence-electron chi connectivity index (χ3n) is 4.65. The Morgan fingerprint density at radius 1 is 0.556 bits per heavy atom. The molecule has 0 aromatic heterocycles. The molecule has 0 aromatic carbocycles. The minimum atomic E-state index is 1.14. The summed E-state index contributed by atoms with van der Waals surface area (Å²) in [5, 5.41) is 13.2. The average Bonchev–Trinajstić information content (AvgIpc) is 3.63. The van der Waals surface area contributed by atoms with Crippen molar-refractivity contribution in [3.05, 3.63) is 0 Å². The quantitative estimate of drug-likeness (QED) is 0.253. The molecule has 160 valence electrons. The Morgan fingerprint density at radius 2 is 0.889 bits per heavy atom. The van der Waals surface area contributed by atoms with E-state index in [1.54, 1.807) is 0 Å². The highest BCUT2D eigenvalue weighted by Crippen LogP contribution is 2.21. The second-order valence-electron chi connectivity index (χ2n) is 6.94. The smallest absolute Gasteiger partial charge is 0.0165 e. The molecule has 0 aliphatic carbocycles. The summed E-state index contributed by atoms with van der Waals surface area (Å²) in [5.41, 5.74) is 0. The van der Waals surface area contributed by atoms with E-state index in [2.05, 4.69) is 31.1 Å². The molecule has 0 spiro atoms. The lowest BCUT2D eigenvalue weighted by molar-refractivity contribution is 0.255. The van der Waals surface area contributed by atoms with E-state index < -0.39 is 0 Å². The Labute approximate surface area is 178 Å². The maximum Gasteiger partial charge on any atom is 0.0165 e. The van der Waals surface area contributed by atoms with Gasteiger partial charge in [-0.2, -0.15) is 11.8 Å². The number of hydrogen-bond acceptors (Lipinski definition) is 9. The summed E-state index contributed by atoms with van der Waals surface area (Å²) < 4.78 is 0. The molecule has 4 saturated heterocycles. The molecule has 4 fully saturated rings. The third kappa shape index (κ3) is 15.3. The predicted octanol–water partition coefficient (Wildman–Crippen LogP) is 0.0906. The molecule has 0 bridgehead atoms. The molecule has 4 aliphatic rings. The molecule has 4 rings (SSSR count). The summed E-state index contributed by atoms with van der Waals surface area (Å²) in [6, 6.07) is 0. The van der Waals surface area contributed by atoms with Crippen LogP contribution in [-0.2, 0) is 0 Å². The van der Waals surface area contributed by atoms with Crippen molar-refractivity contribution in [1.29, 1.82) is 0 Å². The molecule has 27 heavy (non-hydrogen) atoms. The van der Waals surface area contributed by atoms with Crippen LogP contribution >= 0.6 is 33.3 Å². The van der Waals surface area contributed by atoms with E-state index in [9.17, 15) is 0 Å². The topological polar surface area (TPSA) is 54.6 Å². The molecule has 0 unspecified atom stereocenters. The minimum absolute atomic E-state index is 1.14. The van der Waals surface area contributed by atoms with Crippen LogP contribution in [0, 0.1) is 0 Å². The fraction of sp³-hybridized carbons (Fsp3) is 1.00. The molecule has 0 aromatic rings. The molecule has 6 nitrogen and oxygen atoms in total. The second kappa shape index (κ2) is 17.7. The van der Waals surface area contributed by atoms with E-state index in [0.717, 1.165) is 26.2 Å². The number of hydrogen-bond donors (Lipinski definition) is 4. The average molecular weight is 437 g/mol. The van der Waals surface area contributed by atoms with Crippen molar-refractivity contribution < 1.29 is 0 Å². The molecule has 0 radical (unpaired) electrons. The highest BCUT2D eigenvalue weighted by atomic mass is 33.1. The largest absolute Gasteiger partial charge is 0.314 e. The van der Waals surface area contributed by atoms with Crippen molar-refractivity contribution in [1.82, 2.24) is 31.1 Å². The zero-order valence-electron chi connectivity index (χ0n) is 16.8. The SMILES string of the molecule is C1CN(CCSSCCN2CCNCC2)CCN1.C1CNCCN1.C1CS1. The van der Waals surface area contributed by atoms with Gasteiger partial charge in [-0.05, 0) is 0 Å². The van der Waals surface area contributed by atoms with Crippen LogP contribution in [0.15, 0.2) is 0 Å². The van der Waals surface area contributed by atoms with Gasteiger partial charge in [0, 0.05) is 115 Å². The summed E-state index contributed by atoms with van der Waals surface area (Å²) in [4.78, 5) is 5.14. The van der Waals surface area contributed by atoms with Gasteiger partial charge in [-0.25, -0.2) is 0 Å². The van der Waals surface area contributed by atoms with Gasteiger partial charge in [0.25, 0.3) is 0 Å². The van der Waals surface area contributed by atoms with Gasteiger partial charge in [-0.15, -0.1) is 0 Å². The van der Waals surface area contributed by atoms with E-state index in [-0.39, 0.29) is 0 Å². The van der Waals surface area contributed by atoms with E-state index in [1.165, 1.54) is 88.5 Å². The van der Waals surface area contributed by atoms with Crippen LogP contribution < -0.4 is 21.3 Å². The number of rotatable bonds is 7. The van der Waals surface area contributed by atoms with Crippen LogP contribution in [0.1, 0.15) is 0 Å². The molecule has 0 saturated carbocycles. The molecular weight excluding hydrogens is 396 g/mol. The Kier molecular flexibility index (Phi) is 15.7. The molecular formula is C18H40N6S3. The first-order valence-electron chi connectivity index (χ1n) is 10.5. The van der Waals surface area contributed by atoms with Gasteiger partial charge in [0.1, 0.15) is 0 Å². The molecule has 4 N–H and O–H groups in total. The van der Waals surface area contributed by atoms with Gasteiger partial charge >= 0.3 is 0 Å². The molecule has 0 atom stereocenters. The van der Waals surface area contributed by atoms with Crippen molar-refractivity contribution in [3.8, 4) is 0 Å². The van der Waals surface area contributed by atoms with Gasteiger partial charge < -0.3 is 21.3 Å². The van der Waals surface area contributed by atoms with Crippen molar-refractivity contribution in [2.45, 2.75) is 0 Å². The van der Waals surface area contributed by atoms with Gasteiger partial charge in [-0.3, -0.25) is 9.80 Å². The lowest BCUT2D eigenvalue weighted by Gasteiger charge is -2.27. The van der Waals surface area contributed by atoms with Gasteiger partial charge in [0.15, 0.2) is 0 Å². The van der Waals surface area contributed by atoms with Crippen LogP contribution in [0.4, 0.5) is 0 Å². The number of nitrogens with zero attached hydrogens (tertiary/aromatic N) is 2. The Balaban J connectivity index is 0.000000235. The van der Waals surface area contributed by atoms with Crippen LogP contribution in [0.25, 0.3) is 0 Å². The first kappa shape index (κ1) is 24.1. The van der Waals surface area contributed by atoms with Crippen LogP contribution in [-0.4, -0.2) is 124 Å². The minimum Gasteiger partial charge on any atom is -0.314 e. The highest BCUT2D eigenvalue weighted by molar-refractivity contribution is 8.76. The molecule has 9 heteroatoms. The number of thioether (sulfide) groups is 1. The maximum absolute atomic E-state index is 3.40. The molecule has 4 heterocycles. The second-order valence-corrected chi connectivity index (χ2v) is 10.9. The van der Waals surface area contributed by atoms with E-state index in [0.29, 0.717) is 0 Å². The molecule has 0 amide bonds. The summed E-state index contributed by atoms with van der Waals surface area (Å²) >= 11 is 2.00. The van der Waals surface area contributed by atoms with Crippen molar-refractivity contribution in [2.75, 3.05) is 115 Å². The van der Waals surface area contributed by atoms with Crippen LogP contribution in [0.3, 0.4) is 0 Å². The van der Waals surface area contributed by atoms with Crippen molar-refractivity contribution >= 4 is 33.3 Å². The lowest BCUT2D eigenvalue weighted by Crippen LogP contribution is -2.44. The molecule has 4 aliphatic heterocycles. The zero-order valence-corrected chi connectivity index (χ0v) is 19.3. The maximum atomic E-state index is 3.40. The van der Waals surface area contributed by atoms with Crippen molar-refractivity contribution in [2.24, 2.45) is 0 Å². The number of nitrogens with one attached hydrogen (secondary N) is 4. The fourth-order valence-corrected chi connectivity index (χ4v) is 4.98. The van der Waals surface area contributed by atoms with Crippen LogP contribution in [0.2, 0.25) is 0 Å². The standard InChI is InChI=1S/C12H26N4S2.C4H10N2.C2H4S/c1-5-15(6-2-13-1)9-11-17-18-12-10-16-7-3-14-4-8-16;1-2-6-4-3-5-1;1-2-3-1/h13-14H,1-12H2;5-6H,1-4H2;1-2H2. The number of piperazine rings is 3.